The van der Waals surface area contributed by atoms with Crippen molar-refractivity contribution in [2.75, 3.05) is 11.1 Å². The molecule has 0 spiro atoms. The van der Waals surface area contributed by atoms with Gasteiger partial charge in [-0.1, -0.05) is 43.7 Å². The van der Waals surface area contributed by atoms with E-state index >= 15 is 0 Å². The number of para-hydroxylation sites is 1. The molecule has 2 N–H and O–H groups in total. The summed E-state index contributed by atoms with van der Waals surface area (Å²) in [6.45, 7) is 3.33. The maximum absolute atomic E-state index is 12.2. The van der Waals surface area contributed by atoms with Crippen molar-refractivity contribution < 1.29 is 22.7 Å². The van der Waals surface area contributed by atoms with Gasteiger partial charge in [0.15, 0.2) is 0 Å². The minimum atomic E-state index is -3.51. The van der Waals surface area contributed by atoms with E-state index in [-0.39, 0.29) is 18.3 Å². The van der Waals surface area contributed by atoms with E-state index in [1.807, 2.05) is 25.1 Å². The van der Waals surface area contributed by atoms with Crippen LogP contribution in [0.4, 0.5) is 5.69 Å². The van der Waals surface area contributed by atoms with Crippen LogP contribution in [0.3, 0.4) is 0 Å². The van der Waals surface area contributed by atoms with E-state index in [1.54, 1.807) is 36.4 Å². The Morgan fingerprint density at radius 2 is 1.69 bits per heavy atom. The van der Waals surface area contributed by atoms with Gasteiger partial charge in [0.2, 0.25) is 10.0 Å². The highest BCUT2D eigenvalue weighted by molar-refractivity contribution is 7.89. The second kappa shape index (κ2) is 10.7. The molecule has 0 bridgehead atoms. The summed E-state index contributed by atoms with van der Waals surface area (Å²) < 4.78 is 31.2. The van der Waals surface area contributed by atoms with E-state index in [0.717, 1.165) is 6.42 Å². The van der Waals surface area contributed by atoms with Crippen molar-refractivity contribution >= 4 is 27.6 Å². The van der Waals surface area contributed by atoms with E-state index in [1.165, 1.54) is 6.92 Å². The van der Waals surface area contributed by atoms with Gasteiger partial charge in [-0.3, -0.25) is 9.59 Å². The fourth-order valence-corrected chi connectivity index (χ4v) is 3.89. The summed E-state index contributed by atoms with van der Waals surface area (Å²) in [5.41, 5.74) is 1.86. The molecule has 2 aromatic carbocycles. The van der Waals surface area contributed by atoms with Crippen molar-refractivity contribution in [3.8, 4) is 0 Å². The van der Waals surface area contributed by atoms with Crippen molar-refractivity contribution in [2.45, 2.75) is 39.3 Å². The van der Waals surface area contributed by atoms with E-state index < -0.39 is 22.0 Å². The molecule has 8 heteroatoms. The Morgan fingerprint density at radius 1 is 1.03 bits per heavy atom. The molecule has 0 radical (unpaired) electrons. The lowest BCUT2D eigenvalue weighted by Gasteiger charge is -2.14. The molecule has 7 nitrogen and oxygen atoms in total. The number of anilines is 1. The topological polar surface area (TPSA) is 102 Å². The van der Waals surface area contributed by atoms with Crippen LogP contribution in [0, 0.1) is 0 Å². The van der Waals surface area contributed by atoms with E-state index in [0.29, 0.717) is 23.2 Å². The van der Waals surface area contributed by atoms with Gasteiger partial charge in [-0.05, 0) is 43.2 Å². The van der Waals surface area contributed by atoms with E-state index in [2.05, 4.69) is 10.0 Å². The van der Waals surface area contributed by atoms with Crippen molar-refractivity contribution in [2.24, 2.45) is 0 Å². The van der Waals surface area contributed by atoms with Crippen molar-refractivity contribution in [1.82, 2.24) is 4.72 Å². The molecule has 0 aromatic heterocycles. The van der Waals surface area contributed by atoms with Gasteiger partial charge < -0.3 is 10.1 Å². The molecule has 0 aliphatic carbocycles. The van der Waals surface area contributed by atoms with E-state index in [9.17, 15) is 18.0 Å². The number of hydrogen-bond acceptors (Lipinski definition) is 5. The second-order valence-corrected chi connectivity index (χ2v) is 8.51. The van der Waals surface area contributed by atoms with Crippen molar-refractivity contribution in [3.05, 3.63) is 65.7 Å². The van der Waals surface area contributed by atoms with Crippen LogP contribution in [0.1, 0.15) is 42.6 Å². The molecule has 29 heavy (non-hydrogen) atoms. The van der Waals surface area contributed by atoms with Crippen molar-refractivity contribution in [3.63, 3.8) is 0 Å². The first kappa shape index (κ1) is 22.6. The van der Waals surface area contributed by atoms with Crippen LogP contribution in [-0.4, -0.2) is 32.1 Å². The van der Waals surface area contributed by atoms with Gasteiger partial charge in [-0.25, -0.2) is 13.1 Å². The Morgan fingerprint density at radius 3 is 2.31 bits per heavy atom. The number of rotatable bonds is 10. The molecular weight excluding hydrogens is 392 g/mol. The predicted octanol–water partition coefficient (Wildman–Crippen LogP) is 3.09. The largest absolute Gasteiger partial charge is 0.460 e. The van der Waals surface area contributed by atoms with Gasteiger partial charge in [0.1, 0.15) is 12.6 Å². The van der Waals surface area contributed by atoms with Crippen LogP contribution < -0.4 is 10.0 Å². The summed E-state index contributed by atoms with van der Waals surface area (Å²) in [6.07, 6.45) is 1.28. The highest BCUT2D eigenvalue weighted by atomic mass is 32.2. The minimum absolute atomic E-state index is 0.0134. The van der Waals surface area contributed by atoms with Crippen LogP contribution >= 0.6 is 0 Å². The number of hydrogen-bond donors (Lipinski definition) is 2. The number of esters is 1. The third-order valence-corrected chi connectivity index (χ3v) is 5.64. The monoisotopic (exact) mass is 418 g/mol. The Bertz CT molecular complexity index is 912. The highest BCUT2D eigenvalue weighted by Gasteiger charge is 2.21. The number of unbranched alkanes of at least 4 members (excludes halogenated alkanes) is 1. The van der Waals surface area contributed by atoms with Crippen LogP contribution in [0.15, 0.2) is 54.6 Å². The summed E-state index contributed by atoms with van der Waals surface area (Å²) in [6, 6.07) is 14.8. The fraction of sp³-hybridized carbons (Fsp3) is 0.333. The van der Waals surface area contributed by atoms with E-state index in [4.69, 9.17) is 4.74 Å². The maximum atomic E-state index is 12.2. The summed E-state index contributed by atoms with van der Waals surface area (Å²) in [5, 5.41) is 2.79. The molecule has 0 saturated carbocycles. The number of carbonyl (C=O) groups excluding carboxylic acids is 2. The Hall–Kier alpha value is -2.71. The van der Waals surface area contributed by atoms with Crippen LogP contribution in [0.5, 0.6) is 0 Å². The highest BCUT2D eigenvalue weighted by Crippen LogP contribution is 2.11. The summed E-state index contributed by atoms with van der Waals surface area (Å²) in [5.74, 6) is -0.918. The van der Waals surface area contributed by atoms with Gasteiger partial charge in [0.05, 0.1) is 5.75 Å². The molecule has 0 aliphatic rings. The molecule has 0 unspecified atom stereocenters. The quantitative estimate of drug-likeness (QED) is 0.578. The Labute approximate surface area is 171 Å². The zero-order chi connectivity index (χ0) is 21.3. The number of sulfonamides is 1. The molecule has 0 heterocycles. The van der Waals surface area contributed by atoms with Crippen LogP contribution in [0.2, 0.25) is 0 Å². The normalized spacial score (nSPS) is 12.2. The van der Waals surface area contributed by atoms with Gasteiger partial charge in [-0.2, -0.15) is 0 Å². The lowest BCUT2D eigenvalue weighted by molar-refractivity contribution is -0.146. The number of carbonyl (C=O) groups is 2. The molecule has 1 amide bonds. The summed E-state index contributed by atoms with van der Waals surface area (Å²) >= 11 is 0. The zero-order valence-electron chi connectivity index (χ0n) is 16.6. The molecule has 1 atom stereocenters. The van der Waals surface area contributed by atoms with Gasteiger partial charge in [-0.15, -0.1) is 0 Å². The van der Waals surface area contributed by atoms with Gasteiger partial charge in [0.25, 0.3) is 5.91 Å². The lowest BCUT2D eigenvalue weighted by Crippen LogP contribution is -2.40. The lowest BCUT2D eigenvalue weighted by atomic mass is 10.1. The van der Waals surface area contributed by atoms with Crippen LogP contribution in [0.25, 0.3) is 0 Å². The number of amides is 1. The average Bonchev–Trinajstić information content (AvgIpc) is 2.71. The summed E-state index contributed by atoms with van der Waals surface area (Å²) in [4.78, 5) is 24.3. The Kier molecular flexibility index (Phi) is 8.35. The van der Waals surface area contributed by atoms with Gasteiger partial charge >= 0.3 is 5.97 Å². The molecule has 2 aromatic rings. The molecule has 2 rings (SSSR count). The predicted molar refractivity (Wildman–Crippen MR) is 112 cm³/mol. The standard InChI is InChI=1S/C21H26N2O5S/c1-3-4-14-29(26,27)23-16(2)21(25)28-15-17-10-12-18(13-11-17)20(24)22-19-8-6-5-7-9-19/h5-13,16,23H,3-4,14-15H2,1-2H3,(H,22,24)/t16-/m0/s1. The smallest absolute Gasteiger partial charge is 0.324 e. The van der Waals surface area contributed by atoms with Crippen molar-refractivity contribution in [1.29, 1.82) is 0 Å². The fourth-order valence-electron chi connectivity index (χ4n) is 2.47. The molecular formula is C21H26N2O5S. The third kappa shape index (κ3) is 7.67. The second-order valence-electron chi connectivity index (χ2n) is 6.64. The minimum Gasteiger partial charge on any atom is -0.460 e. The molecule has 156 valence electrons. The zero-order valence-corrected chi connectivity index (χ0v) is 17.4. The first-order valence-electron chi connectivity index (χ1n) is 9.42. The number of nitrogens with one attached hydrogen (secondary N) is 2. The van der Waals surface area contributed by atoms with Gasteiger partial charge in [0, 0.05) is 11.3 Å². The first-order chi connectivity index (χ1) is 13.8. The number of benzene rings is 2. The Balaban J connectivity index is 1.84. The molecule has 0 fully saturated rings. The molecule has 0 saturated heterocycles. The first-order valence-corrected chi connectivity index (χ1v) is 11.1. The van der Waals surface area contributed by atoms with Crippen LogP contribution in [-0.2, 0) is 26.2 Å². The maximum Gasteiger partial charge on any atom is 0.324 e. The number of ether oxygens (including phenoxy) is 1. The summed E-state index contributed by atoms with van der Waals surface area (Å²) in [7, 11) is -3.51. The molecule has 0 aliphatic heterocycles. The third-order valence-electron chi connectivity index (χ3n) is 4.11. The average molecular weight is 419 g/mol. The SMILES string of the molecule is CCCCS(=O)(=O)N[C@@H](C)C(=O)OCc1ccc(C(=O)Nc2ccccc2)cc1.